The molecule has 0 N–H and O–H groups in total. The Morgan fingerprint density at radius 2 is 0.694 bits per heavy atom. The highest BCUT2D eigenvalue weighted by Gasteiger charge is 2.53. The van der Waals surface area contributed by atoms with Gasteiger partial charge >= 0.3 is 0 Å². The Morgan fingerprint density at radius 3 is 1.35 bits per heavy atom. The average Bonchev–Trinajstić information content (AvgIpc) is 3.74. The maximum atomic E-state index is 2.49. The summed E-state index contributed by atoms with van der Waals surface area (Å²) in [5.74, 6) is 0. The molecule has 296 valence electrons. The molecule has 0 atom stereocenters. The SMILES string of the molecule is CC1(C)c2cc(-c3ccccc3)ccc2-c2ccc(N(c3cccc(-c4ccccc4)c3)c3ccc4c(c3)-c3ccccc3C43c4ccccc4C(C)(C)c4ccccc43)cc21. The first-order valence-electron chi connectivity index (χ1n) is 22.0. The zero-order chi connectivity index (χ0) is 41.8. The summed E-state index contributed by atoms with van der Waals surface area (Å²) in [5, 5.41) is 0. The van der Waals surface area contributed by atoms with Crippen molar-refractivity contribution in [2.45, 2.75) is 43.9 Å². The molecule has 62 heavy (non-hydrogen) atoms. The van der Waals surface area contributed by atoms with Gasteiger partial charge in [-0.3, -0.25) is 0 Å². The minimum atomic E-state index is -0.437. The van der Waals surface area contributed by atoms with Crippen molar-refractivity contribution < 1.29 is 0 Å². The van der Waals surface area contributed by atoms with Gasteiger partial charge in [-0.05, 0) is 131 Å². The van der Waals surface area contributed by atoms with E-state index in [2.05, 4.69) is 245 Å². The Hall–Kier alpha value is -7.22. The molecule has 0 bridgehead atoms. The van der Waals surface area contributed by atoms with Crippen LogP contribution in [-0.2, 0) is 16.2 Å². The van der Waals surface area contributed by atoms with Crippen LogP contribution in [0, 0.1) is 0 Å². The highest BCUT2D eigenvalue weighted by atomic mass is 15.1. The van der Waals surface area contributed by atoms with E-state index in [1.54, 1.807) is 0 Å². The summed E-state index contributed by atoms with van der Waals surface area (Å²) < 4.78 is 0. The number of nitrogens with zero attached hydrogens (tertiary/aromatic N) is 1. The molecule has 1 heteroatoms. The lowest BCUT2D eigenvalue weighted by molar-refractivity contribution is 0.563. The van der Waals surface area contributed by atoms with Crippen molar-refractivity contribution in [3.8, 4) is 44.5 Å². The predicted molar refractivity (Wildman–Crippen MR) is 259 cm³/mol. The number of anilines is 3. The highest BCUT2D eigenvalue weighted by molar-refractivity contribution is 5.93. The van der Waals surface area contributed by atoms with Crippen molar-refractivity contribution in [3.05, 3.63) is 257 Å². The van der Waals surface area contributed by atoms with E-state index in [0.717, 1.165) is 17.1 Å². The van der Waals surface area contributed by atoms with Gasteiger partial charge in [0.1, 0.15) is 0 Å². The Bertz CT molecular complexity index is 3190. The maximum Gasteiger partial charge on any atom is 0.0719 e. The molecule has 0 saturated heterocycles. The first-order valence-corrected chi connectivity index (χ1v) is 22.0. The number of benzene rings is 9. The number of rotatable bonds is 5. The lowest BCUT2D eigenvalue weighted by atomic mass is 9.55. The van der Waals surface area contributed by atoms with Crippen molar-refractivity contribution in [1.29, 1.82) is 0 Å². The molecule has 1 spiro atoms. The summed E-state index contributed by atoms with van der Waals surface area (Å²) in [6, 6.07) is 79.6. The van der Waals surface area contributed by atoms with Gasteiger partial charge in [0, 0.05) is 27.9 Å². The quantitative estimate of drug-likeness (QED) is 0.168. The first kappa shape index (κ1) is 36.6. The molecule has 0 saturated carbocycles. The zero-order valence-electron chi connectivity index (χ0n) is 35.7. The molecule has 0 fully saturated rings. The molecule has 9 aromatic carbocycles. The van der Waals surface area contributed by atoms with E-state index < -0.39 is 5.41 Å². The fourth-order valence-corrected chi connectivity index (χ4v) is 11.6. The molecule has 3 aliphatic rings. The topological polar surface area (TPSA) is 3.24 Å². The van der Waals surface area contributed by atoms with Crippen LogP contribution in [0.2, 0.25) is 0 Å². The molecule has 3 aliphatic carbocycles. The number of fused-ring (bicyclic) bond motifs is 12. The summed E-state index contributed by atoms with van der Waals surface area (Å²) in [7, 11) is 0. The molecule has 0 aromatic heterocycles. The molecule has 12 rings (SSSR count). The minimum Gasteiger partial charge on any atom is -0.310 e. The largest absolute Gasteiger partial charge is 0.310 e. The predicted octanol–water partition coefficient (Wildman–Crippen LogP) is 15.8. The summed E-state index contributed by atoms with van der Waals surface area (Å²) in [6.45, 7) is 9.57. The monoisotopic (exact) mass is 793 g/mol. The van der Waals surface area contributed by atoms with Crippen LogP contribution < -0.4 is 4.90 Å². The van der Waals surface area contributed by atoms with Crippen LogP contribution in [0.1, 0.15) is 72.2 Å². The van der Waals surface area contributed by atoms with Gasteiger partial charge in [-0.15, -0.1) is 0 Å². The van der Waals surface area contributed by atoms with Crippen molar-refractivity contribution in [2.75, 3.05) is 4.90 Å². The summed E-state index contributed by atoms with van der Waals surface area (Å²) in [5.41, 5.74) is 23.7. The lowest BCUT2D eigenvalue weighted by Gasteiger charge is -2.46. The smallest absolute Gasteiger partial charge is 0.0719 e. The molecule has 1 nitrogen and oxygen atoms in total. The van der Waals surface area contributed by atoms with E-state index in [1.807, 2.05) is 0 Å². The second-order valence-electron chi connectivity index (χ2n) is 18.5. The Balaban J connectivity index is 1.07. The molecule has 0 radical (unpaired) electrons. The summed E-state index contributed by atoms with van der Waals surface area (Å²) in [6.07, 6.45) is 0. The fourth-order valence-electron chi connectivity index (χ4n) is 11.6. The Morgan fingerprint density at radius 1 is 0.258 bits per heavy atom. The fraction of sp³-hybridized carbons (Fsp3) is 0.115. The van der Waals surface area contributed by atoms with Gasteiger partial charge in [0.25, 0.3) is 0 Å². The standard InChI is InChI=1S/C61H47N/c1-59(2)53-26-13-15-28-55(53)61(56-29-16-14-27-54(56)59)51-25-12-11-24-47(51)50-38-45(32-35-52(50)61)62(44-23-17-22-42(36-44)40-18-7-5-8-19-40)46-31-34-49-48-33-30-43(41-20-9-6-10-21-41)37-57(48)60(3,4)58(49)39-46/h5-39H,1-4H3. The van der Waals surface area contributed by atoms with Crippen molar-refractivity contribution in [2.24, 2.45) is 0 Å². The van der Waals surface area contributed by atoms with Gasteiger partial charge in [0.2, 0.25) is 0 Å². The van der Waals surface area contributed by atoms with E-state index in [-0.39, 0.29) is 10.8 Å². The van der Waals surface area contributed by atoms with E-state index in [9.17, 15) is 0 Å². The summed E-state index contributed by atoms with van der Waals surface area (Å²) >= 11 is 0. The Labute approximate surface area is 365 Å². The second kappa shape index (κ2) is 13.4. The van der Waals surface area contributed by atoms with E-state index in [4.69, 9.17) is 0 Å². The van der Waals surface area contributed by atoms with E-state index >= 15 is 0 Å². The number of hydrogen-bond acceptors (Lipinski definition) is 1. The average molecular weight is 794 g/mol. The zero-order valence-corrected chi connectivity index (χ0v) is 35.7. The van der Waals surface area contributed by atoms with Gasteiger partial charge in [-0.25, -0.2) is 0 Å². The van der Waals surface area contributed by atoms with Gasteiger partial charge in [-0.2, -0.15) is 0 Å². The molecular formula is C61H47N. The molecule has 0 heterocycles. The molecular weight excluding hydrogens is 747 g/mol. The van der Waals surface area contributed by atoms with Crippen LogP contribution in [0.3, 0.4) is 0 Å². The van der Waals surface area contributed by atoms with Crippen LogP contribution in [-0.4, -0.2) is 0 Å². The first-order chi connectivity index (χ1) is 30.3. The second-order valence-corrected chi connectivity index (χ2v) is 18.5. The lowest BCUT2D eigenvalue weighted by Crippen LogP contribution is -2.40. The van der Waals surface area contributed by atoms with E-state index in [0.29, 0.717) is 0 Å². The molecule has 9 aromatic rings. The third-order valence-electron chi connectivity index (χ3n) is 14.5. The Kier molecular flexibility index (Phi) is 7.91. The van der Waals surface area contributed by atoms with E-state index in [1.165, 1.54) is 89.0 Å². The summed E-state index contributed by atoms with van der Waals surface area (Å²) in [4.78, 5) is 2.49. The molecule has 0 aliphatic heterocycles. The minimum absolute atomic E-state index is 0.138. The third kappa shape index (κ3) is 5.09. The molecule has 0 unspecified atom stereocenters. The highest BCUT2D eigenvalue weighted by Crippen LogP contribution is 2.63. The normalized spacial score (nSPS) is 15.2. The van der Waals surface area contributed by atoms with Crippen molar-refractivity contribution >= 4 is 17.1 Å². The van der Waals surface area contributed by atoms with Crippen molar-refractivity contribution in [3.63, 3.8) is 0 Å². The number of hydrogen-bond donors (Lipinski definition) is 0. The van der Waals surface area contributed by atoms with Gasteiger partial charge in [-0.1, -0.05) is 198 Å². The van der Waals surface area contributed by atoms with Gasteiger partial charge in [0.05, 0.1) is 5.41 Å². The maximum absolute atomic E-state index is 2.49. The van der Waals surface area contributed by atoms with Crippen LogP contribution in [0.15, 0.2) is 212 Å². The van der Waals surface area contributed by atoms with Crippen LogP contribution in [0.4, 0.5) is 17.1 Å². The third-order valence-corrected chi connectivity index (χ3v) is 14.5. The molecule has 0 amide bonds. The van der Waals surface area contributed by atoms with Crippen molar-refractivity contribution in [1.82, 2.24) is 0 Å². The van der Waals surface area contributed by atoms with Crippen LogP contribution in [0.5, 0.6) is 0 Å². The van der Waals surface area contributed by atoms with Gasteiger partial charge < -0.3 is 4.90 Å². The van der Waals surface area contributed by atoms with Gasteiger partial charge in [0.15, 0.2) is 0 Å². The van der Waals surface area contributed by atoms with Crippen LogP contribution in [0.25, 0.3) is 44.5 Å². The van der Waals surface area contributed by atoms with Crippen LogP contribution >= 0.6 is 0 Å².